The number of carbonyl (C=O) groups is 1. The number of hydrogen-bond donors (Lipinski definition) is 1. The molecule has 0 radical (unpaired) electrons. The molecule has 0 bridgehead atoms. The highest BCUT2D eigenvalue weighted by molar-refractivity contribution is 6.31. The molecule has 23 heavy (non-hydrogen) atoms. The third-order valence-electron chi connectivity index (χ3n) is 3.13. The summed E-state index contributed by atoms with van der Waals surface area (Å²) in [4.78, 5) is 23.7. The normalized spacial score (nSPS) is 11.2. The monoisotopic (exact) mass is 329 g/mol. The van der Waals surface area contributed by atoms with Gasteiger partial charge in [-0.05, 0) is 23.8 Å². The molecule has 0 saturated carbocycles. The summed E-state index contributed by atoms with van der Waals surface area (Å²) in [5.41, 5.74) is 4.06. The Hall–Kier alpha value is -2.86. The van der Waals surface area contributed by atoms with E-state index < -0.39 is 11.7 Å². The van der Waals surface area contributed by atoms with Crippen molar-refractivity contribution in [2.75, 3.05) is 0 Å². The van der Waals surface area contributed by atoms with E-state index in [1.54, 1.807) is 18.2 Å². The Morgan fingerprint density at radius 3 is 2.83 bits per heavy atom. The van der Waals surface area contributed by atoms with Crippen molar-refractivity contribution in [3.8, 4) is 0 Å². The summed E-state index contributed by atoms with van der Waals surface area (Å²) in [7, 11) is 0. The Balaban J connectivity index is 1.73. The van der Waals surface area contributed by atoms with Crippen LogP contribution in [0.15, 0.2) is 62.8 Å². The summed E-state index contributed by atoms with van der Waals surface area (Å²) in [6, 6.07) is 14.1. The molecular formula is C16H12ClN3O3. The second-order valence-corrected chi connectivity index (χ2v) is 5.21. The minimum absolute atomic E-state index is 0.210. The first-order valence-electron chi connectivity index (χ1n) is 6.79. The molecule has 1 N–H and O–H groups in total. The van der Waals surface area contributed by atoms with Crippen molar-refractivity contribution in [2.24, 2.45) is 5.10 Å². The van der Waals surface area contributed by atoms with Crippen molar-refractivity contribution in [3.63, 3.8) is 0 Å². The van der Waals surface area contributed by atoms with Crippen LogP contribution < -0.4 is 11.2 Å². The van der Waals surface area contributed by atoms with Gasteiger partial charge in [0.25, 0.3) is 5.91 Å². The molecule has 2 aromatic carbocycles. The summed E-state index contributed by atoms with van der Waals surface area (Å²) in [5, 5.41) is 4.31. The van der Waals surface area contributed by atoms with Gasteiger partial charge in [-0.25, -0.2) is 10.2 Å². The van der Waals surface area contributed by atoms with Crippen LogP contribution in [0.3, 0.4) is 0 Å². The number of carbonyl (C=O) groups excluding carboxylic acids is 1. The van der Waals surface area contributed by atoms with Crippen molar-refractivity contribution in [1.82, 2.24) is 9.99 Å². The molecule has 1 heterocycles. The van der Waals surface area contributed by atoms with Gasteiger partial charge in [-0.15, -0.1) is 0 Å². The quantitative estimate of drug-likeness (QED) is 0.590. The van der Waals surface area contributed by atoms with Crippen molar-refractivity contribution in [3.05, 3.63) is 69.7 Å². The molecule has 0 saturated heterocycles. The van der Waals surface area contributed by atoms with Gasteiger partial charge in [0.05, 0.1) is 11.7 Å². The molecule has 0 aliphatic heterocycles. The molecule has 3 rings (SSSR count). The summed E-state index contributed by atoms with van der Waals surface area (Å²) in [5.74, 6) is -1.06. The Morgan fingerprint density at radius 1 is 1.26 bits per heavy atom. The van der Waals surface area contributed by atoms with Crippen molar-refractivity contribution in [2.45, 2.75) is 6.54 Å². The number of halogens is 1. The molecular weight excluding hydrogens is 318 g/mol. The first-order chi connectivity index (χ1) is 11.1. The second kappa shape index (κ2) is 6.50. The van der Waals surface area contributed by atoms with Crippen molar-refractivity contribution >= 4 is 34.8 Å². The zero-order chi connectivity index (χ0) is 16.2. The third kappa shape index (κ3) is 3.49. The average molecular weight is 330 g/mol. The number of hydrazone groups is 1. The van der Waals surface area contributed by atoms with E-state index in [1.807, 2.05) is 30.3 Å². The molecule has 0 fully saturated rings. The number of aromatic nitrogens is 1. The van der Waals surface area contributed by atoms with Gasteiger partial charge in [0.15, 0.2) is 5.58 Å². The first-order valence-corrected chi connectivity index (χ1v) is 7.17. The van der Waals surface area contributed by atoms with Crippen LogP contribution in [0.25, 0.3) is 11.1 Å². The largest absolute Gasteiger partial charge is 0.420 e. The molecule has 3 aromatic rings. The van der Waals surface area contributed by atoms with Gasteiger partial charge in [0.1, 0.15) is 6.54 Å². The molecule has 1 amide bonds. The van der Waals surface area contributed by atoms with Crippen LogP contribution >= 0.6 is 11.6 Å². The topological polar surface area (TPSA) is 76.6 Å². The predicted molar refractivity (Wildman–Crippen MR) is 87.7 cm³/mol. The van der Waals surface area contributed by atoms with E-state index >= 15 is 0 Å². The fraction of sp³-hybridized carbons (Fsp3) is 0.0625. The molecule has 6 nitrogen and oxygen atoms in total. The summed E-state index contributed by atoms with van der Waals surface area (Å²) in [6.45, 7) is -0.210. The molecule has 7 heteroatoms. The molecule has 0 unspecified atom stereocenters. The van der Waals surface area contributed by atoms with Crippen LogP contribution in [0.5, 0.6) is 0 Å². The highest BCUT2D eigenvalue weighted by Gasteiger charge is 2.12. The zero-order valence-electron chi connectivity index (χ0n) is 11.9. The maximum atomic E-state index is 11.9. The lowest BCUT2D eigenvalue weighted by molar-refractivity contribution is -0.121. The summed E-state index contributed by atoms with van der Waals surface area (Å²) < 4.78 is 6.26. The standard InChI is InChI=1S/C16H12ClN3O3/c17-12-6-7-14-13(8-12)20(16(22)23-14)10-15(21)19-18-9-11-4-2-1-3-5-11/h1-9H,10H2,(H,19,21)/b18-9+. The van der Waals surface area contributed by atoms with E-state index in [0.717, 1.165) is 5.56 Å². The maximum Gasteiger partial charge on any atom is 0.420 e. The number of oxazole rings is 1. The van der Waals surface area contributed by atoms with Crippen LogP contribution in [0, 0.1) is 0 Å². The van der Waals surface area contributed by atoms with Crippen LogP contribution in [0.4, 0.5) is 0 Å². The van der Waals surface area contributed by atoms with Gasteiger partial charge >= 0.3 is 5.76 Å². The van der Waals surface area contributed by atoms with Gasteiger partial charge in [-0.2, -0.15) is 5.10 Å². The smallest absolute Gasteiger partial charge is 0.408 e. The van der Waals surface area contributed by atoms with Crippen LogP contribution in [0.1, 0.15) is 5.56 Å². The zero-order valence-corrected chi connectivity index (χ0v) is 12.7. The van der Waals surface area contributed by atoms with E-state index in [4.69, 9.17) is 16.0 Å². The highest BCUT2D eigenvalue weighted by Crippen LogP contribution is 2.18. The van der Waals surface area contributed by atoms with E-state index in [1.165, 1.54) is 10.8 Å². The first kappa shape index (κ1) is 15.1. The SMILES string of the molecule is O=C(Cn1c(=O)oc2ccc(Cl)cc21)N/N=C/c1ccccc1. The molecule has 0 aliphatic carbocycles. The third-order valence-corrected chi connectivity index (χ3v) is 3.37. The lowest BCUT2D eigenvalue weighted by Gasteiger charge is -2.01. The lowest BCUT2D eigenvalue weighted by Crippen LogP contribution is -2.27. The predicted octanol–water partition coefficient (Wildman–Crippen LogP) is 2.40. The minimum atomic E-state index is -0.621. The molecule has 0 spiro atoms. The number of fused-ring (bicyclic) bond motifs is 1. The van der Waals surface area contributed by atoms with Crippen LogP contribution in [0.2, 0.25) is 5.02 Å². The number of rotatable bonds is 4. The van der Waals surface area contributed by atoms with Gasteiger partial charge < -0.3 is 4.42 Å². The molecule has 116 valence electrons. The summed E-state index contributed by atoms with van der Waals surface area (Å²) >= 11 is 5.91. The van der Waals surface area contributed by atoms with E-state index in [0.29, 0.717) is 16.1 Å². The highest BCUT2D eigenvalue weighted by atomic mass is 35.5. The molecule has 1 aromatic heterocycles. The molecule has 0 aliphatic rings. The van der Waals surface area contributed by atoms with Crippen molar-refractivity contribution < 1.29 is 9.21 Å². The fourth-order valence-corrected chi connectivity index (χ4v) is 2.25. The van der Waals surface area contributed by atoms with E-state index in [2.05, 4.69) is 10.5 Å². The Bertz CT molecular complexity index is 929. The maximum absolute atomic E-state index is 11.9. The number of amides is 1. The molecule has 0 atom stereocenters. The summed E-state index contributed by atoms with van der Waals surface area (Å²) in [6.07, 6.45) is 1.52. The number of nitrogens with zero attached hydrogens (tertiary/aromatic N) is 2. The van der Waals surface area contributed by atoms with Gasteiger partial charge in [-0.3, -0.25) is 9.36 Å². The van der Waals surface area contributed by atoms with Gasteiger partial charge in [0, 0.05) is 5.02 Å². The Kier molecular flexibility index (Phi) is 4.25. The van der Waals surface area contributed by atoms with Gasteiger partial charge in [-0.1, -0.05) is 41.9 Å². The number of benzene rings is 2. The number of hydrogen-bond acceptors (Lipinski definition) is 4. The fourth-order valence-electron chi connectivity index (χ4n) is 2.08. The van der Waals surface area contributed by atoms with Gasteiger partial charge in [0.2, 0.25) is 0 Å². The van der Waals surface area contributed by atoms with Crippen LogP contribution in [-0.4, -0.2) is 16.7 Å². The van der Waals surface area contributed by atoms with Crippen LogP contribution in [-0.2, 0) is 11.3 Å². The Labute approximate surface area is 136 Å². The average Bonchev–Trinajstić information content (AvgIpc) is 2.84. The van der Waals surface area contributed by atoms with E-state index in [-0.39, 0.29) is 6.54 Å². The minimum Gasteiger partial charge on any atom is -0.408 e. The second-order valence-electron chi connectivity index (χ2n) is 4.77. The van der Waals surface area contributed by atoms with E-state index in [9.17, 15) is 9.59 Å². The lowest BCUT2D eigenvalue weighted by atomic mass is 10.2. The number of nitrogens with one attached hydrogen (secondary N) is 1. The van der Waals surface area contributed by atoms with Crippen molar-refractivity contribution in [1.29, 1.82) is 0 Å². The Morgan fingerprint density at radius 2 is 2.04 bits per heavy atom.